The van der Waals surface area contributed by atoms with E-state index in [-0.39, 0.29) is 0 Å². The second-order valence-electron chi connectivity index (χ2n) is 5.10. The molecule has 1 fully saturated rings. The normalized spacial score (nSPS) is 31.6. The molecule has 3 atom stereocenters. The van der Waals surface area contributed by atoms with Gasteiger partial charge in [-0.3, -0.25) is 4.90 Å². The van der Waals surface area contributed by atoms with Gasteiger partial charge in [-0.1, -0.05) is 19.1 Å². The molecule has 3 heteroatoms. The van der Waals surface area contributed by atoms with E-state index in [1.807, 2.05) is 6.92 Å². The van der Waals surface area contributed by atoms with Gasteiger partial charge in [0.25, 0.3) is 0 Å². The molecule has 94 valence electrons. The van der Waals surface area contributed by atoms with Gasteiger partial charge < -0.3 is 10.5 Å². The molecule has 1 rings (SSSR count). The second kappa shape index (κ2) is 6.38. The largest absolute Gasteiger partial charge is 0.376 e. The molecule has 1 aliphatic heterocycles. The minimum absolute atomic E-state index is 0.364. The fourth-order valence-corrected chi connectivity index (χ4v) is 2.22. The molecular formula is C13H26N2O. The van der Waals surface area contributed by atoms with Gasteiger partial charge in [0.1, 0.15) is 0 Å². The smallest absolute Gasteiger partial charge is 0.0672 e. The van der Waals surface area contributed by atoms with Crippen LogP contribution in [0.4, 0.5) is 0 Å². The summed E-state index contributed by atoms with van der Waals surface area (Å²) in [5.41, 5.74) is 7.14. The lowest BCUT2D eigenvalue weighted by atomic mass is 9.88. The number of rotatable bonds is 5. The third-order valence-corrected chi connectivity index (χ3v) is 3.63. The van der Waals surface area contributed by atoms with Crippen LogP contribution in [-0.2, 0) is 4.74 Å². The molecule has 3 nitrogen and oxygen atoms in total. The molecule has 1 heterocycles. The molecule has 0 aromatic rings. The number of nitrogens with zero attached hydrogens (tertiary/aromatic N) is 1. The van der Waals surface area contributed by atoms with Crippen LogP contribution in [0.3, 0.4) is 0 Å². The predicted molar refractivity (Wildman–Crippen MR) is 68.4 cm³/mol. The van der Waals surface area contributed by atoms with Gasteiger partial charge in [-0.15, -0.1) is 0 Å². The van der Waals surface area contributed by atoms with Crippen molar-refractivity contribution in [3.8, 4) is 0 Å². The highest BCUT2D eigenvalue weighted by Crippen LogP contribution is 2.21. The molecule has 0 bridgehead atoms. The Morgan fingerprint density at radius 3 is 2.81 bits per heavy atom. The molecule has 0 radical (unpaired) electrons. The van der Waals surface area contributed by atoms with Crippen molar-refractivity contribution < 1.29 is 4.74 Å². The maximum absolute atomic E-state index is 6.06. The average Bonchev–Trinajstić information content (AvgIpc) is 2.23. The summed E-state index contributed by atoms with van der Waals surface area (Å²) in [5.74, 6) is 0.579. The standard InChI is InChI=1S/C13H26N2O/c1-10(2)9-16-8-7-15-6-5-13(14)11(3)12(15)4/h11-13H,1,5-9,14H2,2-4H3. The molecule has 0 aromatic heterocycles. The first kappa shape index (κ1) is 13.7. The number of hydrogen-bond acceptors (Lipinski definition) is 3. The number of nitrogens with two attached hydrogens (primary N) is 1. The fraction of sp³-hybridized carbons (Fsp3) is 0.846. The Morgan fingerprint density at radius 1 is 1.50 bits per heavy atom. The number of ether oxygens (including phenoxy) is 1. The Kier molecular flexibility index (Phi) is 5.46. The van der Waals surface area contributed by atoms with E-state index in [1.165, 1.54) is 0 Å². The van der Waals surface area contributed by atoms with Crippen LogP contribution in [0.2, 0.25) is 0 Å². The summed E-state index contributed by atoms with van der Waals surface area (Å²) in [6, 6.07) is 0.930. The van der Waals surface area contributed by atoms with Crippen LogP contribution >= 0.6 is 0 Å². The lowest BCUT2D eigenvalue weighted by Crippen LogP contribution is -2.52. The first-order valence-corrected chi connectivity index (χ1v) is 6.24. The molecule has 0 spiro atoms. The van der Waals surface area contributed by atoms with Gasteiger partial charge in [0.2, 0.25) is 0 Å². The van der Waals surface area contributed by atoms with Crippen LogP contribution in [-0.4, -0.2) is 43.3 Å². The summed E-state index contributed by atoms with van der Waals surface area (Å²) in [4.78, 5) is 2.48. The van der Waals surface area contributed by atoms with Crippen molar-refractivity contribution in [1.29, 1.82) is 0 Å². The van der Waals surface area contributed by atoms with E-state index in [4.69, 9.17) is 10.5 Å². The zero-order chi connectivity index (χ0) is 12.1. The lowest BCUT2D eigenvalue weighted by Gasteiger charge is -2.41. The van der Waals surface area contributed by atoms with Gasteiger partial charge >= 0.3 is 0 Å². The van der Waals surface area contributed by atoms with E-state index >= 15 is 0 Å². The minimum Gasteiger partial charge on any atom is -0.376 e. The molecule has 0 saturated carbocycles. The number of hydrogen-bond donors (Lipinski definition) is 1. The SMILES string of the molecule is C=C(C)COCCN1CCC(N)C(C)C1C. The van der Waals surface area contributed by atoms with Crippen LogP contribution < -0.4 is 5.73 Å². The second-order valence-corrected chi connectivity index (χ2v) is 5.10. The zero-order valence-corrected chi connectivity index (χ0v) is 10.9. The number of likely N-dealkylation sites (tertiary alicyclic amines) is 1. The summed E-state index contributed by atoms with van der Waals surface area (Å²) < 4.78 is 5.54. The van der Waals surface area contributed by atoms with E-state index in [9.17, 15) is 0 Å². The Balaban J connectivity index is 2.24. The molecule has 2 N–H and O–H groups in total. The van der Waals surface area contributed by atoms with E-state index in [0.29, 0.717) is 24.6 Å². The van der Waals surface area contributed by atoms with E-state index in [1.54, 1.807) is 0 Å². The topological polar surface area (TPSA) is 38.5 Å². The van der Waals surface area contributed by atoms with Crippen molar-refractivity contribution in [3.05, 3.63) is 12.2 Å². The summed E-state index contributed by atoms with van der Waals surface area (Å²) in [6.45, 7) is 13.9. The van der Waals surface area contributed by atoms with Crippen LogP contribution in [0, 0.1) is 5.92 Å². The Morgan fingerprint density at radius 2 is 2.19 bits per heavy atom. The van der Waals surface area contributed by atoms with E-state index in [2.05, 4.69) is 25.3 Å². The first-order valence-electron chi connectivity index (χ1n) is 6.24. The monoisotopic (exact) mass is 226 g/mol. The van der Waals surface area contributed by atoms with Gasteiger partial charge in [0.15, 0.2) is 0 Å². The highest BCUT2D eigenvalue weighted by molar-refractivity contribution is 4.88. The Bertz CT molecular complexity index is 230. The highest BCUT2D eigenvalue weighted by atomic mass is 16.5. The van der Waals surface area contributed by atoms with E-state index in [0.717, 1.165) is 31.7 Å². The Labute approximate surface area is 99.6 Å². The number of piperidine rings is 1. The molecule has 1 saturated heterocycles. The van der Waals surface area contributed by atoms with E-state index < -0.39 is 0 Å². The molecule has 1 aliphatic rings. The van der Waals surface area contributed by atoms with Crippen LogP contribution in [0.5, 0.6) is 0 Å². The van der Waals surface area contributed by atoms with Crippen LogP contribution in [0.25, 0.3) is 0 Å². The molecule has 16 heavy (non-hydrogen) atoms. The highest BCUT2D eigenvalue weighted by Gasteiger charge is 2.29. The third-order valence-electron chi connectivity index (χ3n) is 3.63. The van der Waals surface area contributed by atoms with Gasteiger partial charge in [-0.2, -0.15) is 0 Å². The molecular weight excluding hydrogens is 200 g/mol. The Hall–Kier alpha value is -0.380. The van der Waals surface area contributed by atoms with Gasteiger partial charge in [-0.25, -0.2) is 0 Å². The van der Waals surface area contributed by atoms with Crippen molar-refractivity contribution >= 4 is 0 Å². The van der Waals surface area contributed by atoms with Crippen molar-refractivity contribution in [2.75, 3.05) is 26.3 Å². The summed E-state index contributed by atoms with van der Waals surface area (Å²) >= 11 is 0. The lowest BCUT2D eigenvalue weighted by molar-refractivity contribution is 0.0571. The molecule has 3 unspecified atom stereocenters. The maximum Gasteiger partial charge on any atom is 0.0672 e. The van der Waals surface area contributed by atoms with Crippen molar-refractivity contribution in [2.24, 2.45) is 11.7 Å². The first-order chi connectivity index (χ1) is 7.52. The summed E-state index contributed by atoms with van der Waals surface area (Å²) in [7, 11) is 0. The zero-order valence-electron chi connectivity index (χ0n) is 10.9. The molecule has 0 aliphatic carbocycles. The summed E-state index contributed by atoms with van der Waals surface area (Å²) in [6.07, 6.45) is 1.10. The predicted octanol–water partition coefficient (Wildman–Crippen LogP) is 1.64. The van der Waals surface area contributed by atoms with Crippen molar-refractivity contribution in [2.45, 2.75) is 39.3 Å². The average molecular weight is 226 g/mol. The van der Waals surface area contributed by atoms with Crippen LogP contribution in [0.15, 0.2) is 12.2 Å². The summed E-state index contributed by atoms with van der Waals surface area (Å²) in [5, 5.41) is 0. The van der Waals surface area contributed by atoms with Gasteiger partial charge in [0.05, 0.1) is 13.2 Å². The maximum atomic E-state index is 6.06. The quantitative estimate of drug-likeness (QED) is 0.572. The molecule has 0 aromatic carbocycles. The van der Waals surface area contributed by atoms with Crippen molar-refractivity contribution in [1.82, 2.24) is 4.90 Å². The molecule has 0 amide bonds. The van der Waals surface area contributed by atoms with Gasteiger partial charge in [-0.05, 0) is 26.2 Å². The fourth-order valence-electron chi connectivity index (χ4n) is 2.22. The van der Waals surface area contributed by atoms with Crippen molar-refractivity contribution in [3.63, 3.8) is 0 Å². The van der Waals surface area contributed by atoms with Gasteiger partial charge in [0, 0.05) is 25.2 Å². The van der Waals surface area contributed by atoms with Crippen LogP contribution in [0.1, 0.15) is 27.2 Å². The minimum atomic E-state index is 0.364. The third kappa shape index (κ3) is 3.89.